The van der Waals surface area contributed by atoms with Crippen molar-refractivity contribution in [2.45, 2.75) is 38.3 Å². The molecule has 4 aromatic rings. The maximum atomic E-state index is 15.6. The van der Waals surface area contributed by atoms with Crippen molar-refractivity contribution in [1.29, 1.82) is 0 Å². The molecule has 2 aromatic heterocycles. The van der Waals surface area contributed by atoms with Gasteiger partial charge in [-0.2, -0.15) is 5.10 Å². The fourth-order valence-corrected chi connectivity index (χ4v) is 6.27. The Bertz CT molecular complexity index is 1810. The predicted octanol–water partition coefficient (Wildman–Crippen LogP) is 5.00. The zero-order valence-corrected chi connectivity index (χ0v) is 26.4. The molecular weight excluding hydrogens is 585 g/mol. The highest BCUT2D eigenvalue weighted by Gasteiger charge is 2.33. The van der Waals surface area contributed by atoms with E-state index in [1.807, 2.05) is 18.2 Å². The Morgan fingerprint density at radius 3 is 2.57 bits per heavy atom. The largest absolute Gasteiger partial charge is 0.457 e. The molecule has 6 rings (SSSR count). The smallest absolute Gasteiger partial charge is 0.252 e. The molecule has 0 aliphatic carbocycles. The minimum atomic E-state index is -0.529. The highest BCUT2D eigenvalue weighted by Crippen LogP contribution is 2.36. The Hall–Kier alpha value is -4.86. The number of aromatic nitrogens is 4. The van der Waals surface area contributed by atoms with E-state index >= 15 is 4.39 Å². The number of amides is 1. The van der Waals surface area contributed by atoms with E-state index in [9.17, 15) is 4.79 Å². The zero-order chi connectivity index (χ0) is 32.4. The third kappa shape index (κ3) is 6.29. The van der Waals surface area contributed by atoms with E-state index in [4.69, 9.17) is 22.1 Å². The number of likely N-dealkylation sites (tertiary alicyclic amines) is 1. The summed E-state index contributed by atoms with van der Waals surface area (Å²) in [5, 5.41) is 5.28. The average molecular weight is 624 g/mol. The fourth-order valence-electron chi connectivity index (χ4n) is 6.27. The molecule has 0 saturated carbocycles. The Labute approximate surface area is 267 Å². The van der Waals surface area contributed by atoms with E-state index in [-0.39, 0.29) is 29.0 Å². The van der Waals surface area contributed by atoms with Gasteiger partial charge in [-0.05, 0) is 58.0 Å². The monoisotopic (exact) mass is 623 g/mol. The quantitative estimate of drug-likeness (QED) is 0.226. The van der Waals surface area contributed by atoms with Gasteiger partial charge >= 0.3 is 0 Å². The number of carbonyl (C=O) groups is 1. The molecule has 46 heavy (non-hydrogen) atoms. The number of benzene rings is 2. The number of ether oxygens (including phenoxy) is 1. The number of hydrogen-bond donors (Lipinski definition) is 1. The lowest BCUT2D eigenvalue weighted by Gasteiger charge is -2.42. The normalized spacial score (nSPS) is 18.5. The van der Waals surface area contributed by atoms with Crippen molar-refractivity contribution in [3.63, 3.8) is 0 Å². The van der Waals surface area contributed by atoms with E-state index in [1.165, 1.54) is 12.4 Å². The molecular formula is C34H38FN9O2. The van der Waals surface area contributed by atoms with Gasteiger partial charge in [-0.3, -0.25) is 9.69 Å². The number of carbonyl (C=O) groups excluding carboxylic acids is 1. The highest BCUT2D eigenvalue weighted by molar-refractivity contribution is 5.98. The topological polar surface area (TPSA) is 110 Å². The summed E-state index contributed by atoms with van der Waals surface area (Å²) >= 11 is 0. The van der Waals surface area contributed by atoms with Crippen LogP contribution in [0.1, 0.15) is 32.7 Å². The molecule has 4 heterocycles. The molecule has 2 aromatic carbocycles. The number of nitrogens with two attached hydrogens (primary N) is 1. The summed E-state index contributed by atoms with van der Waals surface area (Å²) in [6.45, 7) is 16.4. The maximum absolute atomic E-state index is 15.6. The van der Waals surface area contributed by atoms with Gasteiger partial charge in [0.1, 0.15) is 35.2 Å². The molecule has 238 valence electrons. The molecule has 0 spiro atoms. The van der Waals surface area contributed by atoms with Gasteiger partial charge in [0.15, 0.2) is 5.65 Å². The number of nitrogens with zero attached hydrogens (tertiary/aromatic N) is 8. The summed E-state index contributed by atoms with van der Waals surface area (Å²) in [4.78, 5) is 32.4. The maximum Gasteiger partial charge on any atom is 0.252 e. The van der Waals surface area contributed by atoms with E-state index < -0.39 is 11.4 Å². The molecule has 1 atom stereocenters. The number of para-hydroxylation sites is 1. The van der Waals surface area contributed by atoms with Crippen LogP contribution >= 0.6 is 0 Å². The second-order valence-electron chi connectivity index (χ2n) is 12.4. The van der Waals surface area contributed by atoms with Gasteiger partial charge in [0, 0.05) is 56.4 Å². The van der Waals surface area contributed by atoms with Crippen LogP contribution < -0.4 is 10.5 Å². The number of anilines is 1. The van der Waals surface area contributed by atoms with Crippen molar-refractivity contribution in [1.82, 2.24) is 34.4 Å². The lowest BCUT2D eigenvalue weighted by atomic mass is 9.99. The van der Waals surface area contributed by atoms with Gasteiger partial charge in [-0.25, -0.2) is 23.9 Å². The Balaban J connectivity index is 1.27. The standard InChI is InChI=1S/C34H38FN9O2/c1-34(2,43-17-15-41(4)16-18-43)20-28(37-3)33(45)42-14-8-9-23(21-42)44-32-29(31(36)38-22-39-32)30(40-44)26-13-12-25(19-27(26)35)46-24-10-6-5-7-11-24/h5-7,10-13,19-20,22-23H,8-9,14-18,21H2,1-2,4H3,(H2,36,38,39)/b28-20+/t23-/m1/s1. The Kier molecular flexibility index (Phi) is 8.71. The number of fused-ring (bicyclic) bond motifs is 1. The van der Waals surface area contributed by atoms with E-state index in [2.05, 4.69) is 45.5 Å². The first-order chi connectivity index (χ1) is 22.1. The van der Waals surface area contributed by atoms with Gasteiger partial charge < -0.3 is 20.3 Å². The number of likely N-dealkylation sites (N-methyl/N-ethyl adjacent to an activating group) is 1. The van der Waals surface area contributed by atoms with Gasteiger partial charge in [-0.15, -0.1) is 0 Å². The average Bonchev–Trinajstić information content (AvgIpc) is 3.45. The van der Waals surface area contributed by atoms with Gasteiger partial charge in [-0.1, -0.05) is 24.3 Å². The molecule has 2 fully saturated rings. The minimum Gasteiger partial charge on any atom is -0.457 e. The van der Waals surface area contributed by atoms with Crippen LogP contribution in [0.5, 0.6) is 11.5 Å². The van der Waals surface area contributed by atoms with E-state index in [0.717, 1.165) is 32.6 Å². The SMILES string of the molecule is [C-]#[N+]/C(=C/C(C)(C)N1CCN(C)CC1)C(=O)N1CCC[C@@H](n2nc(-c3ccc(Oc4ccccc4)cc3F)c3c(N)ncnc32)C1. The van der Waals surface area contributed by atoms with Crippen LogP contribution in [-0.2, 0) is 4.79 Å². The van der Waals surface area contributed by atoms with Crippen molar-refractivity contribution < 1.29 is 13.9 Å². The van der Waals surface area contributed by atoms with Crippen LogP contribution in [0.15, 0.2) is 66.6 Å². The van der Waals surface area contributed by atoms with Gasteiger partial charge in [0.25, 0.3) is 5.91 Å². The summed E-state index contributed by atoms with van der Waals surface area (Å²) in [7, 11) is 2.10. The second-order valence-corrected chi connectivity index (χ2v) is 12.4. The first kappa shape index (κ1) is 31.1. The number of nitrogen functional groups attached to an aromatic ring is 1. The van der Waals surface area contributed by atoms with E-state index in [1.54, 1.807) is 39.9 Å². The predicted molar refractivity (Wildman–Crippen MR) is 174 cm³/mol. The number of rotatable bonds is 7. The minimum absolute atomic E-state index is 0.113. The lowest BCUT2D eigenvalue weighted by Crippen LogP contribution is -2.53. The number of hydrogen-bond acceptors (Lipinski definition) is 8. The summed E-state index contributed by atoms with van der Waals surface area (Å²) < 4.78 is 23.2. The number of piperazine rings is 1. The summed E-state index contributed by atoms with van der Waals surface area (Å²) in [5.41, 5.74) is 7.00. The van der Waals surface area contributed by atoms with Crippen molar-refractivity contribution in [3.8, 4) is 22.8 Å². The molecule has 2 aliphatic heterocycles. The Morgan fingerprint density at radius 1 is 1.09 bits per heavy atom. The van der Waals surface area contributed by atoms with Crippen LogP contribution in [0.2, 0.25) is 0 Å². The fraction of sp³-hybridized carbons (Fsp3) is 0.382. The molecule has 2 saturated heterocycles. The van der Waals surface area contributed by atoms with Gasteiger partial charge in [0.05, 0.1) is 18.0 Å². The lowest BCUT2D eigenvalue weighted by molar-refractivity contribution is -0.128. The van der Waals surface area contributed by atoms with Crippen molar-refractivity contribution >= 4 is 22.8 Å². The number of halogens is 1. The third-order valence-electron chi connectivity index (χ3n) is 8.87. The molecule has 0 bridgehead atoms. The zero-order valence-electron chi connectivity index (χ0n) is 26.4. The molecule has 0 unspecified atom stereocenters. The Morgan fingerprint density at radius 2 is 1.85 bits per heavy atom. The third-order valence-corrected chi connectivity index (χ3v) is 8.87. The number of piperidine rings is 1. The van der Waals surface area contributed by atoms with Crippen LogP contribution in [0.25, 0.3) is 27.1 Å². The summed E-state index contributed by atoms with van der Waals surface area (Å²) in [6.07, 6.45) is 4.60. The van der Waals surface area contributed by atoms with Crippen LogP contribution in [0.3, 0.4) is 0 Å². The van der Waals surface area contributed by atoms with Gasteiger partial charge in [0.2, 0.25) is 5.70 Å². The molecule has 1 amide bonds. The summed E-state index contributed by atoms with van der Waals surface area (Å²) in [6, 6.07) is 13.5. The molecule has 11 nitrogen and oxygen atoms in total. The van der Waals surface area contributed by atoms with E-state index in [0.29, 0.717) is 47.7 Å². The first-order valence-electron chi connectivity index (χ1n) is 15.5. The molecule has 12 heteroatoms. The van der Waals surface area contributed by atoms with Crippen molar-refractivity contribution in [2.75, 3.05) is 52.0 Å². The van der Waals surface area contributed by atoms with Crippen molar-refractivity contribution in [3.05, 3.63) is 83.9 Å². The second kappa shape index (κ2) is 12.9. The first-order valence-corrected chi connectivity index (χ1v) is 15.5. The molecule has 2 aliphatic rings. The van der Waals surface area contributed by atoms with Crippen LogP contribution in [0, 0.1) is 12.4 Å². The van der Waals surface area contributed by atoms with Crippen LogP contribution in [-0.4, -0.2) is 92.2 Å². The summed E-state index contributed by atoms with van der Waals surface area (Å²) in [5.74, 6) is 0.300. The highest BCUT2D eigenvalue weighted by atomic mass is 19.1. The molecule has 2 N–H and O–H groups in total. The molecule has 0 radical (unpaired) electrons. The van der Waals surface area contributed by atoms with Crippen molar-refractivity contribution in [2.24, 2.45) is 0 Å². The van der Waals surface area contributed by atoms with Crippen LogP contribution in [0.4, 0.5) is 10.2 Å².